The van der Waals surface area contributed by atoms with Gasteiger partial charge in [-0.05, 0) is 18.4 Å². The highest BCUT2D eigenvalue weighted by atomic mass is 16.5. The number of ether oxygens (including phenoxy) is 1. The molecule has 1 aromatic heterocycles. The summed E-state index contributed by atoms with van der Waals surface area (Å²) in [6.45, 7) is 2.09. The van der Waals surface area contributed by atoms with Crippen LogP contribution in [-0.4, -0.2) is 27.6 Å². The van der Waals surface area contributed by atoms with Crippen LogP contribution < -0.4 is 0 Å². The zero-order valence-corrected chi connectivity index (χ0v) is 11.0. The first-order chi connectivity index (χ1) is 9.81. The number of hydrogen-bond donors (Lipinski definition) is 0. The van der Waals surface area contributed by atoms with Crippen LogP contribution >= 0.6 is 0 Å². The Morgan fingerprint density at radius 1 is 1.20 bits per heavy atom. The van der Waals surface area contributed by atoms with E-state index in [1.807, 2.05) is 42.5 Å². The predicted molar refractivity (Wildman–Crippen MR) is 74.8 cm³/mol. The first-order valence-electron chi connectivity index (χ1n) is 6.37. The lowest BCUT2D eigenvalue weighted by Gasteiger charge is -2.08. The highest BCUT2D eigenvalue weighted by Gasteiger charge is 2.16. The van der Waals surface area contributed by atoms with Crippen LogP contribution in [0.1, 0.15) is 17.4 Å². The number of fused-ring (bicyclic) bond motifs is 1. The minimum Gasteiger partial charge on any atom is -0.461 e. The van der Waals surface area contributed by atoms with Crippen molar-refractivity contribution in [3.63, 3.8) is 0 Å². The fraction of sp³-hybridized carbons (Fsp3) is 0.133. The number of carbonyl (C=O) groups is 1. The standard InChI is InChI=1S/C15H13N3O2/c1-2-20-15(19)14-10-16-17-18(14)13-9-5-7-11-6-3-4-8-12(11)13/h3-10H,2H2,1H3. The smallest absolute Gasteiger partial charge is 0.358 e. The van der Waals surface area contributed by atoms with Crippen LogP contribution in [0.3, 0.4) is 0 Å². The highest BCUT2D eigenvalue weighted by molar-refractivity contribution is 5.93. The van der Waals surface area contributed by atoms with E-state index in [4.69, 9.17) is 4.74 Å². The molecule has 2 aromatic carbocycles. The van der Waals surface area contributed by atoms with Gasteiger partial charge in [0.15, 0.2) is 5.69 Å². The summed E-state index contributed by atoms with van der Waals surface area (Å²) < 4.78 is 6.53. The van der Waals surface area contributed by atoms with E-state index in [1.165, 1.54) is 10.9 Å². The quantitative estimate of drug-likeness (QED) is 0.684. The highest BCUT2D eigenvalue weighted by Crippen LogP contribution is 2.22. The summed E-state index contributed by atoms with van der Waals surface area (Å²) in [5, 5.41) is 9.91. The number of aromatic nitrogens is 3. The van der Waals surface area contributed by atoms with Crippen LogP contribution in [0.2, 0.25) is 0 Å². The zero-order valence-electron chi connectivity index (χ0n) is 11.0. The SMILES string of the molecule is CCOC(=O)c1cnnn1-c1cccc2ccccc12. The maximum Gasteiger partial charge on any atom is 0.358 e. The normalized spacial score (nSPS) is 10.7. The molecular weight excluding hydrogens is 254 g/mol. The molecule has 0 saturated heterocycles. The Morgan fingerprint density at radius 3 is 2.85 bits per heavy atom. The summed E-state index contributed by atoms with van der Waals surface area (Å²) in [5.74, 6) is -0.426. The summed E-state index contributed by atoms with van der Waals surface area (Å²) in [6, 6.07) is 13.8. The van der Waals surface area contributed by atoms with Gasteiger partial charge in [0, 0.05) is 5.39 Å². The number of benzene rings is 2. The van der Waals surface area contributed by atoms with E-state index < -0.39 is 5.97 Å². The monoisotopic (exact) mass is 267 g/mol. The predicted octanol–water partition coefficient (Wildman–Crippen LogP) is 2.60. The largest absolute Gasteiger partial charge is 0.461 e. The second kappa shape index (κ2) is 5.13. The fourth-order valence-corrected chi connectivity index (χ4v) is 2.15. The van der Waals surface area contributed by atoms with E-state index >= 15 is 0 Å². The van der Waals surface area contributed by atoms with E-state index in [9.17, 15) is 4.79 Å². The van der Waals surface area contributed by atoms with Crippen LogP contribution in [-0.2, 0) is 4.74 Å². The number of esters is 1. The van der Waals surface area contributed by atoms with Gasteiger partial charge < -0.3 is 4.74 Å². The molecule has 5 nitrogen and oxygen atoms in total. The molecule has 5 heteroatoms. The maximum atomic E-state index is 11.9. The van der Waals surface area contributed by atoms with Gasteiger partial charge in [-0.1, -0.05) is 41.6 Å². The Hall–Kier alpha value is -2.69. The van der Waals surface area contributed by atoms with Gasteiger partial charge in [-0.25, -0.2) is 9.48 Å². The molecule has 3 rings (SSSR count). The second-order valence-corrected chi connectivity index (χ2v) is 4.25. The van der Waals surface area contributed by atoms with Gasteiger partial charge >= 0.3 is 5.97 Å². The molecule has 0 spiro atoms. The molecule has 0 aliphatic carbocycles. The minimum atomic E-state index is -0.426. The van der Waals surface area contributed by atoms with Crippen LogP contribution in [0.4, 0.5) is 0 Å². The summed E-state index contributed by atoms with van der Waals surface area (Å²) in [4.78, 5) is 11.9. The molecule has 100 valence electrons. The second-order valence-electron chi connectivity index (χ2n) is 4.25. The topological polar surface area (TPSA) is 57.0 Å². The van der Waals surface area contributed by atoms with Crippen LogP contribution in [0.5, 0.6) is 0 Å². The number of hydrogen-bond acceptors (Lipinski definition) is 4. The first kappa shape index (κ1) is 12.3. The molecule has 0 amide bonds. The lowest BCUT2D eigenvalue weighted by Crippen LogP contribution is -2.12. The summed E-state index contributed by atoms with van der Waals surface area (Å²) in [5.41, 5.74) is 1.13. The third kappa shape index (κ3) is 2.03. The van der Waals surface area contributed by atoms with Crippen molar-refractivity contribution in [2.75, 3.05) is 6.61 Å². The van der Waals surface area contributed by atoms with Crippen molar-refractivity contribution >= 4 is 16.7 Å². The molecule has 0 unspecified atom stereocenters. The van der Waals surface area contributed by atoms with E-state index in [0.29, 0.717) is 12.3 Å². The lowest BCUT2D eigenvalue weighted by molar-refractivity contribution is 0.0516. The van der Waals surface area contributed by atoms with Crippen molar-refractivity contribution in [3.8, 4) is 5.69 Å². The third-order valence-corrected chi connectivity index (χ3v) is 3.03. The van der Waals surface area contributed by atoms with Crippen LogP contribution in [0.15, 0.2) is 48.7 Å². The van der Waals surface area contributed by atoms with Crippen molar-refractivity contribution < 1.29 is 9.53 Å². The van der Waals surface area contributed by atoms with Gasteiger partial charge in [0.1, 0.15) is 0 Å². The fourth-order valence-electron chi connectivity index (χ4n) is 2.15. The van der Waals surface area contributed by atoms with Gasteiger partial charge in [0.25, 0.3) is 0 Å². The van der Waals surface area contributed by atoms with Gasteiger partial charge in [-0.15, -0.1) is 5.10 Å². The molecule has 0 saturated carbocycles. The Balaban J connectivity index is 2.17. The van der Waals surface area contributed by atoms with E-state index in [2.05, 4.69) is 10.3 Å². The van der Waals surface area contributed by atoms with Crippen LogP contribution in [0.25, 0.3) is 16.5 Å². The minimum absolute atomic E-state index is 0.319. The molecule has 0 bridgehead atoms. The molecule has 0 radical (unpaired) electrons. The molecule has 20 heavy (non-hydrogen) atoms. The van der Waals surface area contributed by atoms with Crippen LogP contribution in [0, 0.1) is 0 Å². The number of rotatable bonds is 3. The first-order valence-corrected chi connectivity index (χ1v) is 6.37. The molecule has 0 atom stereocenters. The summed E-state index contributed by atoms with van der Waals surface area (Å²) >= 11 is 0. The van der Waals surface area contributed by atoms with Gasteiger partial charge in [0.2, 0.25) is 0 Å². The molecule has 0 fully saturated rings. The molecule has 1 heterocycles. The van der Waals surface area contributed by atoms with Gasteiger partial charge in [-0.3, -0.25) is 0 Å². The number of nitrogens with zero attached hydrogens (tertiary/aromatic N) is 3. The summed E-state index contributed by atoms with van der Waals surface area (Å²) in [6.07, 6.45) is 1.42. The maximum absolute atomic E-state index is 11.9. The van der Waals surface area contributed by atoms with Gasteiger partial charge in [-0.2, -0.15) is 0 Å². The zero-order chi connectivity index (χ0) is 13.9. The lowest BCUT2D eigenvalue weighted by atomic mass is 10.1. The molecule has 0 aliphatic rings. The Kier molecular flexibility index (Phi) is 3.16. The van der Waals surface area contributed by atoms with Crippen molar-refractivity contribution in [2.24, 2.45) is 0 Å². The van der Waals surface area contributed by atoms with E-state index in [0.717, 1.165) is 16.5 Å². The summed E-state index contributed by atoms with van der Waals surface area (Å²) in [7, 11) is 0. The molecular formula is C15H13N3O2. The number of carbonyl (C=O) groups excluding carboxylic acids is 1. The van der Waals surface area contributed by atoms with Crippen molar-refractivity contribution in [1.82, 2.24) is 15.0 Å². The third-order valence-electron chi connectivity index (χ3n) is 3.03. The molecule has 0 aliphatic heterocycles. The Morgan fingerprint density at radius 2 is 2.00 bits per heavy atom. The van der Waals surface area contributed by atoms with Crippen molar-refractivity contribution in [1.29, 1.82) is 0 Å². The van der Waals surface area contributed by atoms with E-state index in [1.54, 1.807) is 6.92 Å². The molecule has 3 aromatic rings. The van der Waals surface area contributed by atoms with E-state index in [-0.39, 0.29) is 0 Å². The average Bonchev–Trinajstić information content (AvgIpc) is 2.96. The van der Waals surface area contributed by atoms with Crippen molar-refractivity contribution in [3.05, 3.63) is 54.4 Å². The Labute approximate surface area is 115 Å². The Bertz CT molecular complexity index is 759. The van der Waals surface area contributed by atoms with Crippen molar-refractivity contribution in [2.45, 2.75) is 6.92 Å². The van der Waals surface area contributed by atoms with Gasteiger partial charge in [0.05, 0.1) is 18.5 Å². The average molecular weight is 267 g/mol. The molecule has 0 N–H and O–H groups in total.